The number of aromatic nitrogens is 1. The maximum Gasteiger partial charge on any atom is 0.155 e. The molecular weight excluding hydrogens is 331 g/mol. The number of nitrogens with zero attached hydrogens (tertiary/aromatic N) is 4. The highest BCUT2D eigenvalue weighted by Crippen LogP contribution is 2.48. The lowest BCUT2D eigenvalue weighted by Gasteiger charge is -2.13. The molecule has 0 fully saturated rings. The summed E-state index contributed by atoms with van der Waals surface area (Å²) in [6, 6.07) is 5.09. The van der Waals surface area contributed by atoms with Gasteiger partial charge >= 0.3 is 0 Å². The van der Waals surface area contributed by atoms with Crippen molar-refractivity contribution >= 4 is 63.1 Å². The summed E-state index contributed by atoms with van der Waals surface area (Å²) in [5.41, 5.74) is 8.03. The van der Waals surface area contributed by atoms with Gasteiger partial charge in [0, 0.05) is 6.20 Å². The Kier molecular flexibility index (Phi) is 3.51. The Morgan fingerprint density at radius 3 is 2.76 bits per heavy atom. The molecule has 0 bridgehead atoms. The minimum Gasteiger partial charge on any atom is -0.395 e. The maximum absolute atomic E-state index is 8.99. The predicted molar refractivity (Wildman–Crippen MR) is 84.7 cm³/mol. The number of benzene rings is 1. The molecule has 21 heavy (non-hydrogen) atoms. The van der Waals surface area contributed by atoms with Gasteiger partial charge in [-0.1, -0.05) is 23.2 Å². The Labute approximate surface area is 133 Å². The lowest BCUT2D eigenvalue weighted by molar-refractivity contribution is 1.29. The van der Waals surface area contributed by atoms with Crippen molar-refractivity contribution in [3.05, 3.63) is 33.9 Å². The van der Waals surface area contributed by atoms with Crippen LogP contribution in [0.2, 0.25) is 10.0 Å². The number of nitrogen functional groups attached to an aromatic ring is 1. The van der Waals surface area contributed by atoms with Crippen LogP contribution in [0.5, 0.6) is 0 Å². The highest BCUT2D eigenvalue weighted by atomic mass is 35.5. The molecule has 3 rings (SSSR count). The van der Waals surface area contributed by atoms with Crippen molar-refractivity contribution in [1.82, 2.24) is 4.98 Å². The number of nitrogens with two attached hydrogens (primary N) is 1. The molecule has 2 heterocycles. The molecule has 0 atom stereocenters. The van der Waals surface area contributed by atoms with Gasteiger partial charge in [-0.25, -0.2) is 4.98 Å². The summed E-state index contributed by atoms with van der Waals surface area (Å²) < 4.78 is 8.29. The minimum absolute atomic E-state index is 0.238. The first-order chi connectivity index (χ1) is 10.1. The molecule has 0 spiro atoms. The summed E-state index contributed by atoms with van der Waals surface area (Å²) in [6.45, 7) is 0. The van der Waals surface area contributed by atoms with Crippen LogP contribution in [0.3, 0.4) is 0 Å². The van der Waals surface area contributed by atoms with Crippen LogP contribution in [0.15, 0.2) is 27.1 Å². The number of nitrogens with one attached hydrogen (secondary N) is 1. The van der Waals surface area contributed by atoms with E-state index in [4.69, 9.17) is 34.2 Å². The average Bonchev–Trinajstić information content (AvgIpc) is 2.95. The Morgan fingerprint density at radius 1 is 1.24 bits per heavy atom. The molecule has 0 radical (unpaired) electrons. The zero-order valence-electron chi connectivity index (χ0n) is 10.3. The Morgan fingerprint density at radius 2 is 2.00 bits per heavy atom. The molecule has 6 nitrogen and oxygen atoms in total. The van der Waals surface area contributed by atoms with Crippen molar-refractivity contribution in [3.63, 3.8) is 0 Å². The van der Waals surface area contributed by atoms with Gasteiger partial charge in [-0.2, -0.15) is 14.0 Å². The Bertz CT molecular complexity index is 867. The number of fused-ring (bicyclic) bond motifs is 1. The molecule has 104 valence electrons. The number of hydrogen-bond donors (Lipinski definition) is 2. The van der Waals surface area contributed by atoms with Crippen LogP contribution < -0.4 is 11.1 Å². The quantitative estimate of drug-likeness (QED) is 0.727. The normalized spacial score (nSPS) is 11.7. The van der Waals surface area contributed by atoms with Gasteiger partial charge < -0.3 is 11.1 Å². The second kappa shape index (κ2) is 5.33. The molecule has 0 aliphatic carbocycles. The molecule has 1 aromatic heterocycles. The highest BCUT2D eigenvalue weighted by Gasteiger charge is 2.20. The SMILES string of the molecule is N#Cc1ccnc(Nc2c(Cl)cc(Cl)c3c2N=S=N3)c1N. The zero-order valence-corrected chi connectivity index (χ0v) is 12.6. The molecule has 0 amide bonds. The van der Waals surface area contributed by atoms with Crippen LogP contribution in [0, 0.1) is 11.3 Å². The second-order valence-electron chi connectivity index (χ2n) is 4.03. The van der Waals surface area contributed by atoms with Gasteiger partial charge in [0.15, 0.2) is 5.82 Å². The lowest BCUT2D eigenvalue weighted by Crippen LogP contribution is -2.02. The van der Waals surface area contributed by atoms with Gasteiger partial charge in [0.1, 0.15) is 17.4 Å². The fourth-order valence-corrected chi connectivity index (χ4v) is 2.94. The van der Waals surface area contributed by atoms with Gasteiger partial charge in [-0.15, -0.1) is 0 Å². The van der Waals surface area contributed by atoms with E-state index in [1.54, 1.807) is 6.07 Å². The van der Waals surface area contributed by atoms with Crippen molar-refractivity contribution in [3.8, 4) is 6.07 Å². The van der Waals surface area contributed by atoms with E-state index in [9.17, 15) is 0 Å². The lowest BCUT2D eigenvalue weighted by atomic mass is 10.2. The fraction of sp³-hybridized carbons (Fsp3) is 0. The van der Waals surface area contributed by atoms with Crippen molar-refractivity contribution in [2.24, 2.45) is 8.73 Å². The Balaban J connectivity index is 2.11. The molecule has 1 aromatic carbocycles. The third-order valence-corrected chi connectivity index (χ3v) is 3.91. The molecular formula is C12H6Cl2N6S. The molecule has 1 aliphatic rings. The Hall–Kier alpha value is -2.14. The van der Waals surface area contributed by atoms with E-state index in [1.165, 1.54) is 12.3 Å². The standard InChI is InChI=1S/C12H6Cl2N6S/c13-6-3-7(14)10-11(20-21-19-10)9(6)18-12-8(16)5(4-15)1-2-17-12/h1-3H,16H2,(H,17,18). The summed E-state index contributed by atoms with van der Waals surface area (Å²) in [7, 11) is 0. The fourth-order valence-electron chi connectivity index (χ4n) is 1.78. The largest absolute Gasteiger partial charge is 0.395 e. The van der Waals surface area contributed by atoms with Crippen LogP contribution in [-0.2, 0) is 11.4 Å². The highest BCUT2D eigenvalue weighted by molar-refractivity contribution is 7.58. The van der Waals surface area contributed by atoms with Crippen molar-refractivity contribution in [1.29, 1.82) is 5.26 Å². The van der Waals surface area contributed by atoms with Crippen LogP contribution in [-0.4, -0.2) is 4.98 Å². The number of pyridine rings is 1. The van der Waals surface area contributed by atoms with Gasteiger partial charge in [0.2, 0.25) is 0 Å². The molecule has 1 aliphatic heterocycles. The number of anilines is 3. The van der Waals surface area contributed by atoms with Crippen LogP contribution in [0.1, 0.15) is 5.56 Å². The van der Waals surface area contributed by atoms with E-state index in [1.807, 2.05) is 6.07 Å². The monoisotopic (exact) mass is 336 g/mol. The first kappa shape index (κ1) is 13.8. The maximum atomic E-state index is 8.99. The first-order valence-corrected chi connectivity index (χ1v) is 7.12. The van der Waals surface area contributed by atoms with Crippen molar-refractivity contribution in [2.75, 3.05) is 11.1 Å². The zero-order chi connectivity index (χ0) is 15.0. The smallest absolute Gasteiger partial charge is 0.155 e. The van der Waals surface area contributed by atoms with Gasteiger partial charge in [-0.05, 0) is 12.1 Å². The minimum atomic E-state index is 0.238. The summed E-state index contributed by atoms with van der Waals surface area (Å²) in [5.74, 6) is 0.326. The molecule has 2 aromatic rings. The van der Waals surface area contributed by atoms with E-state index >= 15 is 0 Å². The number of hydrogen-bond acceptors (Lipinski definition) is 6. The summed E-state index contributed by atoms with van der Waals surface area (Å²) in [4.78, 5) is 4.11. The average molecular weight is 337 g/mol. The topological polar surface area (TPSA) is 99.5 Å². The predicted octanol–water partition coefficient (Wildman–Crippen LogP) is 4.31. The molecule has 0 saturated carbocycles. The van der Waals surface area contributed by atoms with Crippen molar-refractivity contribution in [2.45, 2.75) is 0 Å². The molecule has 0 unspecified atom stereocenters. The molecule has 3 N–H and O–H groups in total. The van der Waals surface area contributed by atoms with Crippen LogP contribution in [0.4, 0.5) is 28.6 Å². The van der Waals surface area contributed by atoms with E-state index < -0.39 is 0 Å². The van der Waals surface area contributed by atoms with Gasteiger partial charge in [-0.3, -0.25) is 0 Å². The van der Waals surface area contributed by atoms with Gasteiger partial charge in [0.25, 0.3) is 0 Å². The van der Waals surface area contributed by atoms with Crippen LogP contribution in [0.25, 0.3) is 0 Å². The number of nitriles is 1. The first-order valence-electron chi connectivity index (χ1n) is 5.63. The number of rotatable bonds is 2. The van der Waals surface area contributed by atoms with E-state index in [-0.39, 0.29) is 5.69 Å². The third kappa shape index (κ3) is 2.34. The summed E-state index contributed by atoms with van der Waals surface area (Å²) >= 11 is 13.3. The molecule has 9 heteroatoms. The number of halogens is 2. The van der Waals surface area contributed by atoms with Gasteiger partial charge in [0.05, 0.1) is 38.3 Å². The van der Waals surface area contributed by atoms with E-state index in [0.717, 1.165) is 11.4 Å². The van der Waals surface area contributed by atoms with E-state index in [2.05, 4.69) is 19.0 Å². The van der Waals surface area contributed by atoms with Crippen molar-refractivity contribution < 1.29 is 0 Å². The van der Waals surface area contributed by atoms with E-state index in [0.29, 0.717) is 38.5 Å². The summed E-state index contributed by atoms with van der Waals surface area (Å²) in [6.07, 6.45) is 1.48. The third-order valence-electron chi connectivity index (χ3n) is 2.80. The second-order valence-corrected chi connectivity index (χ2v) is 5.38. The van der Waals surface area contributed by atoms with Crippen LogP contribution >= 0.6 is 23.2 Å². The molecule has 0 saturated heterocycles. The summed E-state index contributed by atoms with van der Waals surface area (Å²) in [5, 5.41) is 12.8.